The number of nitro groups is 1. The summed E-state index contributed by atoms with van der Waals surface area (Å²) in [5.74, 6) is 1.34. The van der Waals surface area contributed by atoms with Crippen molar-refractivity contribution < 1.29 is 19.2 Å². The van der Waals surface area contributed by atoms with Crippen LogP contribution in [0.5, 0.6) is 5.75 Å². The van der Waals surface area contributed by atoms with Crippen molar-refractivity contribution in [3.63, 3.8) is 0 Å². The van der Waals surface area contributed by atoms with E-state index < -0.39 is 10.9 Å². The van der Waals surface area contributed by atoms with Crippen molar-refractivity contribution in [2.24, 2.45) is 17.8 Å². The van der Waals surface area contributed by atoms with Gasteiger partial charge in [0.25, 0.3) is 0 Å². The smallest absolute Gasteiger partial charge is 0.312 e. The van der Waals surface area contributed by atoms with Crippen molar-refractivity contribution >= 4 is 23.6 Å². The average molecular weight is 384 g/mol. The Hall–Kier alpha value is -2.70. The van der Waals surface area contributed by atoms with Crippen LogP contribution >= 0.6 is 0 Å². The molecule has 4 aliphatic carbocycles. The van der Waals surface area contributed by atoms with Gasteiger partial charge in [-0.2, -0.15) is 0 Å². The van der Waals surface area contributed by atoms with Gasteiger partial charge in [0.05, 0.1) is 4.92 Å². The molecule has 0 saturated heterocycles. The third-order valence-corrected chi connectivity index (χ3v) is 6.29. The number of nitrogens with zero attached hydrogens (tertiary/aromatic N) is 1. The largest absolute Gasteiger partial charge is 0.419 e. The zero-order valence-electron chi connectivity index (χ0n) is 15.8. The summed E-state index contributed by atoms with van der Waals surface area (Å²) in [6.07, 6.45) is 10.1. The van der Waals surface area contributed by atoms with E-state index in [4.69, 9.17) is 4.74 Å². The molecular weight excluding hydrogens is 360 g/mol. The Labute approximate surface area is 163 Å². The summed E-state index contributed by atoms with van der Waals surface area (Å²) in [6, 6.07) is 4.25. The molecule has 1 aromatic carbocycles. The van der Waals surface area contributed by atoms with Crippen molar-refractivity contribution in [1.29, 1.82) is 0 Å². The first-order chi connectivity index (χ1) is 13.3. The maximum Gasteiger partial charge on any atom is 0.312 e. The SMILES string of the molecule is CC(=O)Oc1ccc(/C=C/C(=O)NC23CC4CC(CC(C4)C2)C3)cc1[N+](=O)[O-]. The molecule has 28 heavy (non-hydrogen) atoms. The van der Waals surface area contributed by atoms with E-state index >= 15 is 0 Å². The van der Waals surface area contributed by atoms with Crippen LogP contribution in [0.2, 0.25) is 0 Å². The highest BCUT2D eigenvalue weighted by molar-refractivity contribution is 5.92. The molecule has 7 nitrogen and oxygen atoms in total. The summed E-state index contributed by atoms with van der Waals surface area (Å²) < 4.78 is 4.86. The van der Waals surface area contributed by atoms with Gasteiger partial charge in [-0.05, 0) is 74.0 Å². The third-order valence-electron chi connectivity index (χ3n) is 6.29. The van der Waals surface area contributed by atoms with Crippen LogP contribution in [0.1, 0.15) is 51.0 Å². The van der Waals surface area contributed by atoms with Crippen LogP contribution in [0.15, 0.2) is 24.3 Å². The Morgan fingerprint density at radius 1 is 1.18 bits per heavy atom. The second-order valence-electron chi connectivity index (χ2n) is 8.60. The number of nitro benzene ring substituents is 1. The molecule has 0 spiro atoms. The highest BCUT2D eigenvalue weighted by Gasteiger charge is 2.51. The number of carbonyl (C=O) groups excluding carboxylic acids is 2. The van der Waals surface area contributed by atoms with E-state index in [2.05, 4.69) is 5.32 Å². The van der Waals surface area contributed by atoms with E-state index in [1.807, 2.05) is 0 Å². The number of carbonyl (C=O) groups is 2. The molecule has 148 valence electrons. The Morgan fingerprint density at radius 3 is 2.32 bits per heavy atom. The molecule has 0 heterocycles. The monoisotopic (exact) mass is 384 g/mol. The van der Waals surface area contributed by atoms with Crippen molar-refractivity contribution in [3.05, 3.63) is 40.0 Å². The molecule has 4 saturated carbocycles. The molecule has 4 aliphatic rings. The van der Waals surface area contributed by atoms with Gasteiger partial charge >= 0.3 is 11.7 Å². The second-order valence-corrected chi connectivity index (χ2v) is 8.60. The molecule has 5 rings (SSSR count). The molecule has 0 unspecified atom stereocenters. The van der Waals surface area contributed by atoms with Gasteiger partial charge in [0.1, 0.15) is 0 Å². The number of esters is 1. The molecule has 0 radical (unpaired) electrons. The van der Waals surface area contributed by atoms with Crippen LogP contribution in [0.4, 0.5) is 5.69 Å². The zero-order chi connectivity index (χ0) is 19.9. The minimum atomic E-state index is -0.624. The maximum atomic E-state index is 12.5. The van der Waals surface area contributed by atoms with Crippen LogP contribution in [-0.2, 0) is 9.59 Å². The molecule has 0 atom stereocenters. The number of hydrogen-bond donors (Lipinski definition) is 1. The lowest BCUT2D eigenvalue weighted by atomic mass is 9.53. The van der Waals surface area contributed by atoms with Gasteiger partial charge in [-0.1, -0.05) is 6.07 Å². The topological polar surface area (TPSA) is 98.5 Å². The van der Waals surface area contributed by atoms with Gasteiger partial charge in [-0.3, -0.25) is 19.7 Å². The van der Waals surface area contributed by atoms with E-state index in [9.17, 15) is 19.7 Å². The third kappa shape index (κ3) is 3.79. The van der Waals surface area contributed by atoms with E-state index in [1.165, 1.54) is 44.4 Å². The standard InChI is InChI=1S/C21H24N2O5/c1-13(24)28-19-4-2-14(9-18(19)23(26)27)3-5-20(25)22-21-10-15-6-16(11-21)8-17(7-15)12-21/h2-5,9,15-17H,6-8,10-12H2,1H3,(H,22,25)/b5-3+. The highest BCUT2D eigenvalue weighted by atomic mass is 16.6. The van der Waals surface area contributed by atoms with Crippen LogP contribution in [0, 0.1) is 27.9 Å². The number of rotatable bonds is 5. The molecule has 7 heteroatoms. The van der Waals surface area contributed by atoms with E-state index in [-0.39, 0.29) is 22.9 Å². The lowest BCUT2D eigenvalue weighted by Gasteiger charge is -2.56. The van der Waals surface area contributed by atoms with E-state index in [1.54, 1.807) is 12.1 Å². The summed E-state index contributed by atoms with van der Waals surface area (Å²) in [5.41, 5.74) is 0.128. The minimum absolute atomic E-state index is 0.0681. The summed E-state index contributed by atoms with van der Waals surface area (Å²) in [7, 11) is 0. The molecule has 4 bridgehead atoms. The van der Waals surface area contributed by atoms with Crippen LogP contribution in [-0.4, -0.2) is 22.3 Å². The van der Waals surface area contributed by atoms with Gasteiger partial charge in [-0.25, -0.2) is 0 Å². The summed E-state index contributed by atoms with van der Waals surface area (Å²) in [5, 5.41) is 14.5. The zero-order valence-corrected chi connectivity index (χ0v) is 15.8. The fraction of sp³-hybridized carbons (Fsp3) is 0.524. The van der Waals surface area contributed by atoms with Crippen LogP contribution < -0.4 is 10.1 Å². The fourth-order valence-electron chi connectivity index (χ4n) is 5.76. The van der Waals surface area contributed by atoms with Crippen molar-refractivity contribution in [2.75, 3.05) is 0 Å². The number of benzene rings is 1. The van der Waals surface area contributed by atoms with Gasteiger partial charge in [0, 0.05) is 24.6 Å². The first-order valence-corrected chi connectivity index (χ1v) is 9.79. The Balaban J connectivity index is 1.45. The van der Waals surface area contributed by atoms with E-state index in [0.717, 1.165) is 37.0 Å². The maximum absolute atomic E-state index is 12.5. The quantitative estimate of drug-likeness (QED) is 0.275. The normalized spacial score (nSPS) is 30.4. The van der Waals surface area contributed by atoms with Crippen LogP contribution in [0.3, 0.4) is 0 Å². The predicted octanol–water partition coefficient (Wildman–Crippen LogP) is 3.62. The minimum Gasteiger partial charge on any atom is -0.419 e. The first kappa shape index (κ1) is 18.7. The molecule has 0 aliphatic heterocycles. The Bertz CT molecular complexity index is 825. The Morgan fingerprint density at radius 2 is 1.79 bits per heavy atom. The van der Waals surface area contributed by atoms with Crippen LogP contribution in [0.25, 0.3) is 6.08 Å². The van der Waals surface area contributed by atoms with Crippen molar-refractivity contribution in [1.82, 2.24) is 5.32 Å². The number of hydrogen-bond acceptors (Lipinski definition) is 5. The number of ether oxygens (including phenoxy) is 1. The Kier molecular flexibility index (Phi) is 4.69. The fourth-order valence-corrected chi connectivity index (χ4v) is 5.76. The highest BCUT2D eigenvalue weighted by Crippen LogP contribution is 2.55. The van der Waals surface area contributed by atoms with Gasteiger partial charge in [-0.15, -0.1) is 0 Å². The number of amides is 1. The van der Waals surface area contributed by atoms with Crippen molar-refractivity contribution in [3.8, 4) is 5.75 Å². The van der Waals surface area contributed by atoms with Gasteiger partial charge in [0.2, 0.25) is 11.7 Å². The lowest BCUT2D eigenvalue weighted by Crippen LogP contribution is -2.59. The average Bonchev–Trinajstić information content (AvgIpc) is 2.58. The second kappa shape index (κ2) is 7.04. The summed E-state index contributed by atoms with van der Waals surface area (Å²) in [4.78, 5) is 34.2. The molecule has 0 aromatic heterocycles. The van der Waals surface area contributed by atoms with Gasteiger partial charge < -0.3 is 10.1 Å². The number of nitrogens with one attached hydrogen (secondary N) is 1. The molecule has 4 fully saturated rings. The summed E-state index contributed by atoms with van der Waals surface area (Å²) >= 11 is 0. The van der Waals surface area contributed by atoms with E-state index in [0.29, 0.717) is 5.56 Å². The molecule has 1 amide bonds. The summed E-state index contributed by atoms with van der Waals surface area (Å²) in [6.45, 7) is 1.19. The van der Waals surface area contributed by atoms with Gasteiger partial charge in [0.15, 0.2) is 0 Å². The first-order valence-electron chi connectivity index (χ1n) is 9.79. The molecule has 1 N–H and O–H groups in total. The lowest BCUT2D eigenvalue weighted by molar-refractivity contribution is -0.385. The van der Waals surface area contributed by atoms with Crippen molar-refractivity contribution in [2.45, 2.75) is 51.0 Å². The molecular formula is C21H24N2O5. The molecule has 1 aromatic rings. The predicted molar refractivity (Wildman–Crippen MR) is 102 cm³/mol.